The number of nitrogen functional groups attached to an aromatic ring is 1. The fraction of sp³-hybridized carbons (Fsp3) is 0.500. The zero-order chi connectivity index (χ0) is 24.9. The highest BCUT2D eigenvalue weighted by molar-refractivity contribution is 7.21. The summed E-state index contributed by atoms with van der Waals surface area (Å²) < 4.78 is 26.8. The molecule has 0 radical (unpaired) electrons. The van der Waals surface area contributed by atoms with Gasteiger partial charge in [0.1, 0.15) is 21.3 Å². The summed E-state index contributed by atoms with van der Waals surface area (Å²) in [6, 6.07) is 3.62. The van der Waals surface area contributed by atoms with Crippen LogP contribution in [-0.2, 0) is 12.8 Å². The lowest BCUT2D eigenvalue weighted by atomic mass is 9.91. The molecule has 2 aliphatic rings. The summed E-state index contributed by atoms with van der Waals surface area (Å²) in [4.78, 5) is 29.8. The standard InChI is InChI=1S/C24H29F2N7OS/c1-11-19-20(27)21(35-24(19)30-12(2)29-11)23(34)31-14-5-6-16-13(8-14)4-7-18(32-16)33-9-15(22(25)26)17(10-33)28-3/h4,7,14-15,17,22,28H,5-6,8-10,27H2,1-3H3,(H,31,34). The van der Waals surface area contributed by atoms with Gasteiger partial charge in [-0.25, -0.2) is 23.7 Å². The summed E-state index contributed by atoms with van der Waals surface area (Å²) in [6.45, 7) is 4.49. The zero-order valence-corrected chi connectivity index (χ0v) is 20.8. The van der Waals surface area contributed by atoms with E-state index in [9.17, 15) is 13.6 Å². The Morgan fingerprint density at radius 3 is 2.74 bits per heavy atom. The molecule has 0 bridgehead atoms. The van der Waals surface area contributed by atoms with Gasteiger partial charge in [0, 0.05) is 30.9 Å². The Hall–Kier alpha value is -2.92. The number of thiophene rings is 1. The van der Waals surface area contributed by atoms with Crippen LogP contribution in [0.5, 0.6) is 0 Å². The number of hydrogen-bond acceptors (Lipinski definition) is 8. The highest BCUT2D eigenvalue weighted by atomic mass is 32.1. The molecule has 1 saturated heterocycles. The maximum absolute atomic E-state index is 13.4. The van der Waals surface area contributed by atoms with Crippen molar-refractivity contribution in [1.29, 1.82) is 0 Å². The molecule has 4 N–H and O–H groups in total. The molecule has 3 aromatic rings. The van der Waals surface area contributed by atoms with Gasteiger partial charge in [0.15, 0.2) is 0 Å². The highest BCUT2D eigenvalue weighted by Crippen LogP contribution is 2.34. The molecule has 5 rings (SSSR count). The summed E-state index contributed by atoms with van der Waals surface area (Å²) in [5.74, 6) is 0.477. The van der Waals surface area contributed by atoms with Crippen LogP contribution >= 0.6 is 11.3 Å². The van der Waals surface area contributed by atoms with E-state index in [-0.39, 0.29) is 24.5 Å². The van der Waals surface area contributed by atoms with Gasteiger partial charge < -0.3 is 21.3 Å². The van der Waals surface area contributed by atoms with Crippen LogP contribution < -0.4 is 21.3 Å². The van der Waals surface area contributed by atoms with E-state index in [0.717, 1.165) is 39.4 Å². The third-order valence-electron chi connectivity index (χ3n) is 7.06. The third-order valence-corrected chi connectivity index (χ3v) is 8.15. The summed E-state index contributed by atoms with van der Waals surface area (Å²) in [6.07, 6.45) is -0.247. The number of aromatic nitrogens is 3. The number of halogens is 2. The molecule has 1 aliphatic carbocycles. The molecule has 1 fully saturated rings. The maximum Gasteiger partial charge on any atom is 0.263 e. The molecule has 1 amide bonds. The van der Waals surface area contributed by atoms with Crippen LogP contribution in [0.4, 0.5) is 20.3 Å². The molecule has 186 valence electrons. The molecular formula is C24H29F2N7OS. The van der Waals surface area contributed by atoms with Crippen LogP contribution in [0, 0.1) is 19.8 Å². The normalized spacial score (nSPS) is 22.1. The second-order valence-corrected chi connectivity index (χ2v) is 10.4. The number of pyridine rings is 1. The lowest BCUT2D eigenvalue weighted by molar-refractivity contribution is 0.0753. The molecule has 3 unspecified atom stereocenters. The van der Waals surface area contributed by atoms with Crippen molar-refractivity contribution in [2.24, 2.45) is 5.92 Å². The van der Waals surface area contributed by atoms with E-state index >= 15 is 0 Å². The number of carbonyl (C=O) groups is 1. The van der Waals surface area contributed by atoms with Crippen molar-refractivity contribution in [3.05, 3.63) is 39.8 Å². The van der Waals surface area contributed by atoms with Crippen molar-refractivity contribution < 1.29 is 13.6 Å². The van der Waals surface area contributed by atoms with Gasteiger partial charge in [-0.1, -0.05) is 6.07 Å². The molecule has 35 heavy (non-hydrogen) atoms. The molecule has 11 heteroatoms. The number of likely N-dealkylation sites (N-methyl/N-ethyl adjacent to an activating group) is 1. The SMILES string of the molecule is CNC1CN(c2ccc3c(n2)CCC(NC(=O)c2sc4nc(C)nc(C)c4c2N)C3)CC1C(F)F. The van der Waals surface area contributed by atoms with Gasteiger partial charge in [0.25, 0.3) is 5.91 Å². The van der Waals surface area contributed by atoms with Gasteiger partial charge in [0.05, 0.1) is 22.7 Å². The van der Waals surface area contributed by atoms with Gasteiger partial charge >= 0.3 is 0 Å². The van der Waals surface area contributed by atoms with E-state index in [0.29, 0.717) is 35.8 Å². The predicted octanol–water partition coefficient (Wildman–Crippen LogP) is 2.86. The third kappa shape index (κ3) is 4.42. The van der Waals surface area contributed by atoms with Gasteiger partial charge in [0.2, 0.25) is 6.43 Å². The minimum absolute atomic E-state index is 0.0372. The van der Waals surface area contributed by atoms with E-state index in [1.165, 1.54) is 11.3 Å². The summed E-state index contributed by atoms with van der Waals surface area (Å²) in [5, 5.41) is 6.88. The second kappa shape index (κ2) is 9.27. The quantitative estimate of drug-likeness (QED) is 0.493. The number of alkyl halides is 2. The Balaban J connectivity index is 1.28. The number of amides is 1. The minimum atomic E-state index is -2.37. The number of anilines is 2. The first-order valence-electron chi connectivity index (χ1n) is 11.8. The van der Waals surface area contributed by atoms with Crippen molar-refractivity contribution in [1.82, 2.24) is 25.6 Å². The Kier molecular flexibility index (Phi) is 6.30. The van der Waals surface area contributed by atoms with Gasteiger partial charge in [-0.2, -0.15) is 0 Å². The minimum Gasteiger partial charge on any atom is -0.397 e. The maximum atomic E-state index is 13.4. The van der Waals surface area contributed by atoms with Crippen LogP contribution in [0.1, 0.15) is 38.9 Å². The summed E-state index contributed by atoms with van der Waals surface area (Å²) >= 11 is 1.29. The number of nitrogens with zero attached hydrogens (tertiary/aromatic N) is 4. The molecule has 4 heterocycles. The lowest BCUT2D eigenvalue weighted by Crippen LogP contribution is -2.39. The summed E-state index contributed by atoms with van der Waals surface area (Å²) in [5.41, 5.74) is 9.54. The number of fused-ring (bicyclic) bond motifs is 2. The first-order valence-corrected chi connectivity index (χ1v) is 12.6. The van der Waals surface area contributed by atoms with Crippen LogP contribution in [-0.4, -0.2) is 59.5 Å². The Morgan fingerprint density at radius 2 is 2.03 bits per heavy atom. The van der Waals surface area contributed by atoms with E-state index < -0.39 is 12.3 Å². The molecule has 0 spiro atoms. The van der Waals surface area contributed by atoms with Gasteiger partial charge in [-0.05, 0) is 51.8 Å². The smallest absolute Gasteiger partial charge is 0.263 e. The largest absolute Gasteiger partial charge is 0.397 e. The molecule has 0 saturated carbocycles. The molecule has 3 atom stereocenters. The first-order chi connectivity index (χ1) is 16.7. The summed E-state index contributed by atoms with van der Waals surface area (Å²) in [7, 11) is 1.72. The van der Waals surface area contributed by atoms with Crippen LogP contribution in [0.2, 0.25) is 0 Å². The van der Waals surface area contributed by atoms with Crippen molar-refractivity contribution in [2.75, 3.05) is 30.8 Å². The molecule has 3 aromatic heterocycles. The van der Waals surface area contributed by atoms with E-state index in [1.807, 2.05) is 30.9 Å². The number of rotatable bonds is 5. The van der Waals surface area contributed by atoms with Crippen molar-refractivity contribution in [2.45, 2.75) is 51.6 Å². The Labute approximate surface area is 206 Å². The monoisotopic (exact) mass is 501 g/mol. The number of aryl methyl sites for hydroxylation is 3. The number of nitrogens with two attached hydrogens (primary N) is 1. The topological polar surface area (TPSA) is 109 Å². The number of nitrogens with one attached hydrogen (secondary N) is 2. The molecule has 1 aliphatic heterocycles. The molecule has 0 aromatic carbocycles. The van der Waals surface area contributed by atoms with E-state index in [2.05, 4.69) is 20.6 Å². The van der Waals surface area contributed by atoms with Gasteiger partial charge in [-0.3, -0.25) is 4.79 Å². The Morgan fingerprint density at radius 1 is 1.23 bits per heavy atom. The van der Waals surface area contributed by atoms with E-state index in [1.54, 1.807) is 7.05 Å². The van der Waals surface area contributed by atoms with Crippen LogP contribution in [0.15, 0.2) is 12.1 Å². The number of carbonyl (C=O) groups excluding carboxylic acids is 1. The van der Waals surface area contributed by atoms with Crippen molar-refractivity contribution in [3.63, 3.8) is 0 Å². The average molecular weight is 502 g/mol. The van der Waals surface area contributed by atoms with Crippen LogP contribution in [0.3, 0.4) is 0 Å². The average Bonchev–Trinajstić information content (AvgIpc) is 3.40. The number of hydrogen-bond donors (Lipinski definition) is 3. The van der Waals surface area contributed by atoms with Gasteiger partial charge in [-0.15, -0.1) is 11.3 Å². The van der Waals surface area contributed by atoms with Crippen molar-refractivity contribution >= 4 is 39.0 Å². The fourth-order valence-electron chi connectivity index (χ4n) is 5.23. The predicted molar refractivity (Wildman–Crippen MR) is 133 cm³/mol. The van der Waals surface area contributed by atoms with Crippen molar-refractivity contribution in [3.8, 4) is 0 Å². The Bertz CT molecular complexity index is 1280. The highest BCUT2D eigenvalue weighted by Gasteiger charge is 2.38. The first kappa shape index (κ1) is 23.8. The molecule has 8 nitrogen and oxygen atoms in total. The molecular weight excluding hydrogens is 472 g/mol. The van der Waals surface area contributed by atoms with Crippen LogP contribution in [0.25, 0.3) is 10.2 Å². The lowest BCUT2D eigenvalue weighted by Gasteiger charge is -2.26. The van der Waals surface area contributed by atoms with E-state index in [4.69, 9.17) is 10.7 Å². The second-order valence-electron chi connectivity index (χ2n) is 9.37. The zero-order valence-electron chi connectivity index (χ0n) is 19.9. The fourth-order valence-corrected chi connectivity index (χ4v) is 6.32.